The largest absolute Gasteiger partial charge is 0.469 e. The number of carbonyl (C=O) groups is 1. The second-order valence-electron chi connectivity index (χ2n) is 5.80. The van der Waals surface area contributed by atoms with Crippen LogP contribution in [-0.4, -0.2) is 29.6 Å². The highest BCUT2D eigenvalue weighted by Gasteiger charge is 2.25. The van der Waals surface area contributed by atoms with Gasteiger partial charge in [0.25, 0.3) is 0 Å². The number of hydrogen-bond donors (Lipinski definition) is 2. The predicted molar refractivity (Wildman–Crippen MR) is 89.4 cm³/mol. The number of hydrogen-bond acceptors (Lipinski definition) is 4. The monoisotopic (exact) mass is 307 g/mol. The number of fused-ring (bicyclic) bond motifs is 2. The fourth-order valence-corrected chi connectivity index (χ4v) is 3.15. The van der Waals surface area contributed by atoms with Crippen LogP contribution in [0.4, 0.5) is 5.69 Å². The van der Waals surface area contributed by atoms with Crippen molar-refractivity contribution in [3.63, 3.8) is 0 Å². The van der Waals surface area contributed by atoms with E-state index in [1.165, 1.54) is 12.7 Å². The Morgan fingerprint density at radius 3 is 3.09 bits per heavy atom. The van der Waals surface area contributed by atoms with E-state index >= 15 is 0 Å². The minimum atomic E-state index is -0.175. The van der Waals surface area contributed by atoms with Crippen molar-refractivity contribution in [3.8, 4) is 11.1 Å². The maximum Gasteiger partial charge on any atom is 0.306 e. The van der Waals surface area contributed by atoms with Gasteiger partial charge in [0.2, 0.25) is 0 Å². The number of benzene rings is 1. The Labute approximate surface area is 133 Å². The number of esters is 1. The molecule has 0 radical (unpaired) electrons. The molecule has 1 aliphatic rings. The van der Waals surface area contributed by atoms with E-state index < -0.39 is 0 Å². The summed E-state index contributed by atoms with van der Waals surface area (Å²) in [7, 11) is 1.43. The lowest BCUT2D eigenvalue weighted by Crippen LogP contribution is -2.10. The van der Waals surface area contributed by atoms with Crippen molar-refractivity contribution in [1.82, 2.24) is 9.97 Å². The van der Waals surface area contributed by atoms with Gasteiger partial charge in [-0.15, -0.1) is 0 Å². The fraction of sp³-hybridized carbons (Fsp3) is 0.222. The number of carbonyl (C=O) groups excluding carboxylic acids is 1. The number of ether oxygens (including phenoxy) is 1. The van der Waals surface area contributed by atoms with Crippen molar-refractivity contribution in [1.29, 1.82) is 0 Å². The minimum Gasteiger partial charge on any atom is -0.469 e. The topological polar surface area (TPSA) is 67.0 Å². The third-order valence-electron chi connectivity index (χ3n) is 4.40. The smallest absolute Gasteiger partial charge is 0.306 e. The van der Waals surface area contributed by atoms with Gasteiger partial charge in [-0.2, -0.15) is 0 Å². The average Bonchev–Trinajstić information content (AvgIpc) is 3.20. The van der Waals surface area contributed by atoms with Crippen molar-refractivity contribution in [3.05, 3.63) is 48.3 Å². The number of aromatic nitrogens is 2. The molecule has 1 atom stereocenters. The van der Waals surface area contributed by atoms with Crippen LogP contribution in [0.5, 0.6) is 0 Å². The first-order valence-corrected chi connectivity index (χ1v) is 7.63. The molecule has 0 aliphatic carbocycles. The molecule has 1 unspecified atom stereocenters. The average molecular weight is 307 g/mol. The summed E-state index contributed by atoms with van der Waals surface area (Å²) in [6.45, 7) is 0.767. The summed E-state index contributed by atoms with van der Waals surface area (Å²) in [6, 6.07) is 10.4. The number of nitrogens with zero attached hydrogens (tertiary/aromatic N) is 1. The first-order valence-electron chi connectivity index (χ1n) is 7.63. The van der Waals surface area contributed by atoms with Gasteiger partial charge in [0, 0.05) is 41.5 Å². The number of H-pyrrole nitrogens is 1. The molecule has 0 fully saturated rings. The van der Waals surface area contributed by atoms with Crippen molar-refractivity contribution >= 4 is 22.7 Å². The number of rotatable bonds is 3. The molecule has 0 spiro atoms. The molecule has 3 heterocycles. The molecule has 0 saturated carbocycles. The summed E-state index contributed by atoms with van der Waals surface area (Å²) >= 11 is 0. The molecule has 1 aliphatic heterocycles. The van der Waals surface area contributed by atoms with E-state index in [0.717, 1.165) is 34.4 Å². The molecule has 2 N–H and O–H groups in total. The van der Waals surface area contributed by atoms with Crippen LogP contribution in [0.2, 0.25) is 0 Å². The highest BCUT2D eigenvalue weighted by atomic mass is 16.5. The number of nitrogens with one attached hydrogen (secondary N) is 2. The molecule has 3 aromatic rings. The van der Waals surface area contributed by atoms with Crippen molar-refractivity contribution in [2.45, 2.75) is 12.3 Å². The van der Waals surface area contributed by atoms with E-state index in [4.69, 9.17) is 4.74 Å². The zero-order valence-electron chi connectivity index (χ0n) is 12.8. The van der Waals surface area contributed by atoms with E-state index in [-0.39, 0.29) is 11.9 Å². The van der Waals surface area contributed by atoms with Gasteiger partial charge in [0.15, 0.2) is 0 Å². The van der Waals surface area contributed by atoms with Crippen LogP contribution in [0.15, 0.2) is 42.7 Å². The summed E-state index contributed by atoms with van der Waals surface area (Å²) in [5.41, 5.74) is 5.34. The number of aromatic amines is 1. The molecule has 23 heavy (non-hydrogen) atoms. The van der Waals surface area contributed by atoms with Crippen LogP contribution < -0.4 is 5.32 Å². The Morgan fingerprint density at radius 2 is 2.22 bits per heavy atom. The Morgan fingerprint density at radius 1 is 1.30 bits per heavy atom. The molecule has 4 rings (SSSR count). The third-order valence-corrected chi connectivity index (χ3v) is 4.40. The van der Waals surface area contributed by atoms with Crippen molar-refractivity contribution < 1.29 is 9.53 Å². The maximum atomic E-state index is 11.6. The van der Waals surface area contributed by atoms with Gasteiger partial charge in [0.05, 0.1) is 13.5 Å². The second kappa shape index (κ2) is 5.43. The van der Waals surface area contributed by atoms with Gasteiger partial charge >= 0.3 is 5.97 Å². The number of pyridine rings is 1. The van der Waals surface area contributed by atoms with E-state index in [1.54, 1.807) is 0 Å². The molecule has 116 valence electrons. The SMILES string of the molecule is COC(=O)CC1CNc2ccc(-c3cnc4[nH]ccc4c3)cc21. The van der Waals surface area contributed by atoms with Crippen LogP contribution in [0, 0.1) is 0 Å². The van der Waals surface area contributed by atoms with Gasteiger partial charge in [-0.05, 0) is 35.4 Å². The molecule has 0 saturated heterocycles. The Kier molecular flexibility index (Phi) is 3.26. The predicted octanol–water partition coefficient (Wildman–Crippen LogP) is 3.30. The van der Waals surface area contributed by atoms with Crippen molar-refractivity contribution in [2.24, 2.45) is 0 Å². The Balaban J connectivity index is 1.71. The lowest BCUT2D eigenvalue weighted by Gasteiger charge is -2.10. The summed E-state index contributed by atoms with van der Waals surface area (Å²) in [5.74, 6) is -0.0215. The molecule has 1 aromatic carbocycles. The Bertz CT molecular complexity index is 885. The standard InChI is InChI=1S/C18H17N3O2/c1-23-17(22)8-14-10-20-16-3-2-11(7-15(14)16)13-6-12-4-5-19-18(12)21-9-13/h2-7,9,14,20H,8,10H2,1H3,(H,19,21). The normalized spacial score (nSPS) is 16.1. The summed E-state index contributed by atoms with van der Waals surface area (Å²) in [4.78, 5) is 19.1. The zero-order valence-corrected chi connectivity index (χ0v) is 12.8. The van der Waals surface area contributed by atoms with Gasteiger partial charge in [0.1, 0.15) is 5.65 Å². The van der Waals surface area contributed by atoms with Crippen LogP contribution >= 0.6 is 0 Å². The van der Waals surface area contributed by atoms with E-state index in [9.17, 15) is 4.79 Å². The van der Waals surface area contributed by atoms with Crippen LogP contribution in [-0.2, 0) is 9.53 Å². The maximum absolute atomic E-state index is 11.6. The van der Waals surface area contributed by atoms with E-state index in [2.05, 4.69) is 39.6 Å². The fourth-order valence-electron chi connectivity index (χ4n) is 3.15. The molecular formula is C18H17N3O2. The van der Waals surface area contributed by atoms with Crippen molar-refractivity contribution in [2.75, 3.05) is 19.0 Å². The van der Waals surface area contributed by atoms with Gasteiger partial charge in [-0.3, -0.25) is 4.79 Å². The molecule has 0 amide bonds. The minimum absolute atomic E-state index is 0.154. The van der Waals surface area contributed by atoms with E-state index in [1.807, 2.05) is 18.5 Å². The van der Waals surface area contributed by atoms with Gasteiger partial charge in [-0.25, -0.2) is 4.98 Å². The van der Waals surface area contributed by atoms with Gasteiger partial charge < -0.3 is 15.0 Å². The molecule has 2 aromatic heterocycles. The second-order valence-corrected chi connectivity index (χ2v) is 5.80. The number of anilines is 1. The molecule has 5 heteroatoms. The quantitative estimate of drug-likeness (QED) is 0.729. The zero-order chi connectivity index (χ0) is 15.8. The lowest BCUT2D eigenvalue weighted by atomic mass is 9.94. The van der Waals surface area contributed by atoms with Crippen LogP contribution in [0.25, 0.3) is 22.2 Å². The third kappa shape index (κ3) is 2.44. The lowest BCUT2D eigenvalue weighted by molar-refractivity contribution is -0.140. The van der Waals surface area contributed by atoms with E-state index in [0.29, 0.717) is 6.42 Å². The summed E-state index contributed by atoms with van der Waals surface area (Å²) in [6.07, 6.45) is 4.16. The summed E-state index contributed by atoms with van der Waals surface area (Å²) < 4.78 is 4.80. The first-order chi connectivity index (χ1) is 11.2. The number of methoxy groups -OCH3 is 1. The highest BCUT2D eigenvalue weighted by Crippen LogP contribution is 2.37. The first kappa shape index (κ1) is 13.8. The Hall–Kier alpha value is -2.82. The van der Waals surface area contributed by atoms with Crippen LogP contribution in [0.3, 0.4) is 0 Å². The molecular weight excluding hydrogens is 290 g/mol. The van der Waals surface area contributed by atoms with Gasteiger partial charge in [-0.1, -0.05) is 6.07 Å². The van der Waals surface area contributed by atoms with Crippen LogP contribution in [0.1, 0.15) is 17.9 Å². The molecule has 0 bridgehead atoms. The highest BCUT2D eigenvalue weighted by molar-refractivity contribution is 5.82. The molecule has 5 nitrogen and oxygen atoms in total. The summed E-state index contributed by atoms with van der Waals surface area (Å²) in [5, 5.41) is 4.45.